The van der Waals surface area contributed by atoms with E-state index in [9.17, 15) is 4.39 Å². The van der Waals surface area contributed by atoms with Gasteiger partial charge in [0.2, 0.25) is 0 Å². The summed E-state index contributed by atoms with van der Waals surface area (Å²) in [7, 11) is 1.89. The molecule has 0 fully saturated rings. The Morgan fingerprint density at radius 3 is 2.38 bits per heavy atom. The molecule has 0 spiro atoms. The maximum absolute atomic E-state index is 13.0. The van der Waals surface area contributed by atoms with Crippen molar-refractivity contribution in [1.29, 1.82) is 0 Å². The van der Waals surface area contributed by atoms with Crippen molar-refractivity contribution in [2.75, 3.05) is 12.4 Å². The number of benzene rings is 2. The van der Waals surface area contributed by atoms with Crippen LogP contribution in [-0.2, 0) is 6.42 Å². The molecule has 0 amide bonds. The van der Waals surface area contributed by atoms with Gasteiger partial charge in [0.1, 0.15) is 5.82 Å². The predicted octanol–water partition coefficient (Wildman–Crippen LogP) is 3.46. The fourth-order valence-corrected chi connectivity index (χ4v) is 1.67. The van der Waals surface area contributed by atoms with Crippen LogP contribution in [-0.4, -0.2) is 7.05 Å². The predicted molar refractivity (Wildman–Crippen MR) is 65.2 cm³/mol. The highest BCUT2D eigenvalue weighted by atomic mass is 19.1. The topological polar surface area (TPSA) is 12.0 Å². The third-order valence-electron chi connectivity index (χ3n) is 2.54. The van der Waals surface area contributed by atoms with Crippen LogP contribution in [0.2, 0.25) is 0 Å². The average Bonchev–Trinajstić information content (AvgIpc) is 2.30. The van der Waals surface area contributed by atoms with Crippen molar-refractivity contribution < 1.29 is 4.39 Å². The molecular weight excluding hydrogens is 201 g/mol. The fourth-order valence-electron chi connectivity index (χ4n) is 1.67. The molecule has 0 aliphatic heterocycles. The Morgan fingerprint density at radius 1 is 1.00 bits per heavy atom. The molecule has 0 bridgehead atoms. The summed E-state index contributed by atoms with van der Waals surface area (Å²) >= 11 is 0. The molecule has 2 rings (SSSR count). The molecule has 2 aromatic rings. The Hall–Kier alpha value is -1.83. The monoisotopic (exact) mass is 215 g/mol. The van der Waals surface area contributed by atoms with E-state index in [-0.39, 0.29) is 5.82 Å². The van der Waals surface area contributed by atoms with E-state index in [2.05, 4.69) is 17.4 Å². The second-order valence-corrected chi connectivity index (χ2v) is 3.75. The van der Waals surface area contributed by atoms with Crippen LogP contribution in [0.1, 0.15) is 11.1 Å². The van der Waals surface area contributed by atoms with Crippen LogP contribution in [0, 0.1) is 5.82 Å². The van der Waals surface area contributed by atoms with Gasteiger partial charge >= 0.3 is 0 Å². The van der Waals surface area contributed by atoms with Gasteiger partial charge in [-0.15, -0.1) is 0 Å². The molecule has 1 nitrogen and oxygen atoms in total. The lowest BCUT2D eigenvalue weighted by atomic mass is 10.0. The molecule has 82 valence electrons. The molecule has 0 heterocycles. The Morgan fingerprint density at radius 2 is 1.75 bits per heavy atom. The summed E-state index contributed by atoms with van der Waals surface area (Å²) in [5.74, 6) is -0.177. The van der Waals surface area contributed by atoms with Gasteiger partial charge in [0.25, 0.3) is 0 Å². The first-order valence-electron chi connectivity index (χ1n) is 5.29. The summed E-state index contributed by atoms with van der Waals surface area (Å²) in [5, 5.41) is 3.07. The van der Waals surface area contributed by atoms with Crippen molar-refractivity contribution in [2.24, 2.45) is 0 Å². The number of hydrogen-bond acceptors (Lipinski definition) is 1. The Kier molecular flexibility index (Phi) is 3.20. The van der Waals surface area contributed by atoms with Gasteiger partial charge in [-0.1, -0.05) is 24.3 Å². The third kappa shape index (κ3) is 2.60. The fraction of sp³-hybridized carbons (Fsp3) is 0.143. The second kappa shape index (κ2) is 4.79. The first-order chi connectivity index (χ1) is 7.78. The summed E-state index contributed by atoms with van der Waals surface area (Å²) in [6.45, 7) is 0. The molecule has 0 saturated heterocycles. The van der Waals surface area contributed by atoms with Gasteiger partial charge < -0.3 is 5.32 Å². The lowest BCUT2D eigenvalue weighted by Gasteiger charge is -2.04. The molecule has 2 heteroatoms. The molecule has 0 aromatic heterocycles. The molecule has 0 saturated carbocycles. The number of hydrogen-bond donors (Lipinski definition) is 1. The lowest BCUT2D eigenvalue weighted by molar-refractivity contribution is 0.626. The van der Waals surface area contributed by atoms with E-state index in [4.69, 9.17) is 0 Å². The van der Waals surface area contributed by atoms with Crippen LogP contribution < -0.4 is 5.32 Å². The zero-order chi connectivity index (χ0) is 11.4. The minimum atomic E-state index is -0.177. The van der Waals surface area contributed by atoms with Crippen molar-refractivity contribution >= 4 is 5.69 Å². The summed E-state index contributed by atoms with van der Waals surface area (Å²) in [5.41, 5.74) is 3.27. The number of halogens is 1. The Balaban J connectivity index is 2.14. The van der Waals surface area contributed by atoms with E-state index in [1.54, 1.807) is 12.1 Å². The smallest absolute Gasteiger partial charge is 0.123 e. The van der Waals surface area contributed by atoms with Crippen molar-refractivity contribution in [3.63, 3.8) is 0 Å². The summed E-state index contributed by atoms with van der Waals surface area (Å²) in [6.07, 6.45) is 0.766. The molecule has 0 atom stereocenters. The van der Waals surface area contributed by atoms with Crippen molar-refractivity contribution in [3.05, 3.63) is 65.5 Å². The van der Waals surface area contributed by atoms with Crippen LogP contribution in [0.3, 0.4) is 0 Å². The molecule has 2 aromatic carbocycles. The molecule has 0 aliphatic rings. The van der Waals surface area contributed by atoms with Crippen LogP contribution >= 0.6 is 0 Å². The van der Waals surface area contributed by atoms with E-state index in [0.29, 0.717) is 0 Å². The largest absolute Gasteiger partial charge is 0.388 e. The van der Waals surface area contributed by atoms with Gasteiger partial charge in [0.15, 0.2) is 0 Å². The SMILES string of the molecule is CNc1ccc(Cc2cccc(F)c2)cc1. The number of nitrogens with one attached hydrogen (secondary N) is 1. The highest BCUT2D eigenvalue weighted by Gasteiger charge is 1.98. The van der Waals surface area contributed by atoms with Gasteiger partial charge in [0.05, 0.1) is 0 Å². The summed E-state index contributed by atoms with van der Waals surface area (Å²) < 4.78 is 13.0. The van der Waals surface area contributed by atoms with Gasteiger partial charge in [-0.2, -0.15) is 0 Å². The van der Waals surface area contributed by atoms with Gasteiger partial charge in [-0.3, -0.25) is 0 Å². The van der Waals surface area contributed by atoms with Crippen molar-refractivity contribution in [1.82, 2.24) is 0 Å². The quantitative estimate of drug-likeness (QED) is 0.826. The standard InChI is InChI=1S/C14H14FN/c1-16-14-7-5-11(6-8-14)9-12-3-2-4-13(15)10-12/h2-8,10,16H,9H2,1H3. The summed E-state index contributed by atoms with van der Waals surface area (Å²) in [4.78, 5) is 0. The minimum Gasteiger partial charge on any atom is -0.388 e. The first kappa shape index (κ1) is 10.7. The van der Waals surface area contributed by atoms with E-state index in [1.165, 1.54) is 11.6 Å². The molecule has 0 aliphatic carbocycles. The van der Waals surface area contributed by atoms with Crippen LogP contribution in [0.4, 0.5) is 10.1 Å². The average molecular weight is 215 g/mol. The Labute approximate surface area is 94.9 Å². The maximum atomic E-state index is 13.0. The zero-order valence-corrected chi connectivity index (χ0v) is 9.20. The van der Waals surface area contributed by atoms with Gasteiger partial charge in [-0.25, -0.2) is 4.39 Å². The van der Waals surface area contributed by atoms with E-state index >= 15 is 0 Å². The number of rotatable bonds is 3. The summed E-state index contributed by atoms with van der Waals surface area (Å²) in [6, 6.07) is 14.9. The van der Waals surface area contributed by atoms with E-state index in [1.807, 2.05) is 25.2 Å². The van der Waals surface area contributed by atoms with Crippen LogP contribution in [0.15, 0.2) is 48.5 Å². The van der Waals surface area contributed by atoms with Gasteiger partial charge in [-0.05, 0) is 41.8 Å². The second-order valence-electron chi connectivity index (χ2n) is 3.75. The van der Waals surface area contributed by atoms with Crippen LogP contribution in [0.5, 0.6) is 0 Å². The highest BCUT2D eigenvalue weighted by molar-refractivity contribution is 5.44. The molecule has 0 radical (unpaired) electrons. The van der Waals surface area contributed by atoms with E-state index < -0.39 is 0 Å². The normalized spacial score (nSPS) is 10.1. The molecule has 16 heavy (non-hydrogen) atoms. The van der Waals surface area contributed by atoms with E-state index in [0.717, 1.165) is 17.7 Å². The zero-order valence-electron chi connectivity index (χ0n) is 9.20. The lowest BCUT2D eigenvalue weighted by Crippen LogP contribution is -1.91. The Bertz CT molecular complexity index is 462. The van der Waals surface area contributed by atoms with Crippen molar-refractivity contribution in [3.8, 4) is 0 Å². The maximum Gasteiger partial charge on any atom is 0.123 e. The minimum absolute atomic E-state index is 0.177. The van der Waals surface area contributed by atoms with Crippen LogP contribution in [0.25, 0.3) is 0 Å². The van der Waals surface area contributed by atoms with Gasteiger partial charge in [0, 0.05) is 12.7 Å². The molecule has 0 unspecified atom stereocenters. The third-order valence-corrected chi connectivity index (χ3v) is 2.54. The highest BCUT2D eigenvalue weighted by Crippen LogP contribution is 2.13. The molecular formula is C14H14FN. The number of anilines is 1. The van der Waals surface area contributed by atoms with Crippen molar-refractivity contribution in [2.45, 2.75) is 6.42 Å². The first-order valence-corrected chi connectivity index (χ1v) is 5.29. The molecule has 1 N–H and O–H groups in total.